The normalized spacial score (nSPS) is 11.0. The minimum absolute atomic E-state index is 0.0210. The fourth-order valence-electron chi connectivity index (χ4n) is 1.83. The van der Waals surface area contributed by atoms with Crippen LogP contribution >= 0.6 is 0 Å². The molecule has 1 aromatic rings. The molecule has 0 radical (unpaired) electrons. The van der Waals surface area contributed by atoms with Crippen LogP contribution in [0.3, 0.4) is 0 Å². The van der Waals surface area contributed by atoms with Crippen LogP contribution in [0.15, 0.2) is 10.5 Å². The van der Waals surface area contributed by atoms with Gasteiger partial charge in [-0.05, 0) is 26.0 Å². The Morgan fingerprint density at radius 1 is 1.43 bits per heavy atom. The van der Waals surface area contributed by atoms with E-state index >= 15 is 0 Å². The molecule has 1 heterocycles. The van der Waals surface area contributed by atoms with Crippen molar-refractivity contribution in [1.29, 1.82) is 0 Å². The number of amides is 2. The molecule has 0 bridgehead atoms. The van der Waals surface area contributed by atoms with Crippen LogP contribution in [0.5, 0.6) is 0 Å². The van der Waals surface area contributed by atoms with Crippen molar-refractivity contribution in [1.82, 2.24) is 15.6 Å². The summed E-state index contributed by atoms with van der Waals surface area (Å²) in [7, 11) is 1.84. The second kappa shape index (κ2) is 7.80. The van der Waals surface area contributed by atoms with Crippen molar-refractivity contribution in [3.05, 3.63) is 23.2 Å². The molecule has 0 aliphatic heterocycles. The largest absolute Gasteiger partial charge is 0.456 e. The smallest absolute Gasteiger partial charge is 0.300 e. The summed E-state index contributed by atoms with van der Waals surface area (Å²) in [6, 6.07) is 1.64. The number of aryl methyl sites for hydroxylation is 1. The van der Waals surface area contributed by atoms with Crippen LogP contribution in [0.2, 0.25) is 0 Å². The molecule has 2 amide bonds. The lowest BCUT2D eigenvalue weighted by Gasteiger charge is -2.16. The van der Waals surface area contributed by atoms with Crippen LogP contribution < -0.4 is 16.6 Å². The molecule has 21 heavy (non-hydrogen) atoms. The number of hydrazine groups is 1. The Morgan fingerprint density at radius 2 is 2.10 bits per heavy atom. The Hall–Kier alpha value is -1.86. The minimum Gasteiger partial charge on any atom is -0.456 e. The molecule has 4 N–H and O–H groups in total. The van der Waals surface area contributed by atoms with E-state index in [9.17, 15) is 9.59 Å². The molecule has 7 nitrogen and oxygen atoms in total. The number of rotatable bonds is 7. The van der Waals surface area contributed by atoms with E-state index in [1.807, 2.05) is 31.2 Å². The zero-order chi connectivity index (χ0) is 16.0. The van der Waals surface area contributed by atoms with Gasteiger partial charge in [0.15, 0.2) is 5.76 Å². The van der Waals surface area contributed by atoms with E-state index in [0.29, 0.717) is 24.8 Å². The fourth-order valence-corrected chi connectivity index (χ4v) is 1.83. The van der Waals surface area contributed by atoms with Gasteiger partial charge in [-0.25, -0.2) is 5.84 Å². The van der Waals surface area contributed by atoms with Crippen molar-refractivity contribution in [2.75, 3.05) is 20.1 Å². The van der Waals surface area contributed by atoms with E-state index < -0.39 is 5.91 Å². The van der Waals surface area contributed by atoms with E-state index in [1.165, 1.54) is 0 Å². The van der Waals surface area contributed by atoms with Gasteiger partial charge in [0.2, 0.25) is 5.91 Å². The molecular formula is C14H24N4O3. The van der Waals surface area contributed by atoms with Crippen LogP contribution in [0.25, 0.3) is 0 Å². The molecule has 0 saturated carbocycles. The maximum atomic E-state index is 11.7. The SMILES string of the molecule is Cc1oc(C(=O)NN)cc1CN(C)CC(=O)NCC(C)C. The van der Waals surface area contributed by atoms with Crippen LogP contribution in [0, 0.1) is 12.8 Å². The lowest BCUT2D eigenvalue weighted by Crippen LogP contribution is -2.36. The molecule has 0 saturated heterocycles. The molecule has 0 fully saturated rings. The van der Waals surface area contributed by atoms with Crippen molar-refractivity contribution >= 4 is 11.8 Å². The monoisotopic (exact) mass is 296 g/mol. The summed E-state index contributed by atoms with van der Waals surface area (Å²) >= 11 is 0. The highest BCUT2D eigenvalue weighted by Gasteiger charge is 2.15. The summed E-state index contributed by atoms with van der Waals surface area (Å²) in [6.45, 7) is 7.33. The summed E-state index contributed by atoms with van der Waals surface area (Å²) in [5.41, 5.74) is 2.88. The molecule has 0 aromatic carbocycles. The van der Waals surface area contributed by atoms with Crippen molar-refractivity contribution in [2.45, 2.75) is 27.3 Å². The van der Waals surface area contributed by atoms with Gasteiger partial charge in [0, 0.05) is 18.7 Å². The number of nitrogens with two attached hydrogens (primary N) is 1. The Morgan fingerprint density at radius 3 is 2.67 bits per heavy atom. The van der Waals surface area contributed by atoms with Gasteiger partial charge >= 0.3 is 5.91 Å². The van der Waals surface area contributed by atoms with Crippen molar-refractivity contribution in [3.63, 3.8) is 0 Å². The van der Waals surface area contributed by atoms with Gasteiger partial charge in [-0.3, -0.25) is 19.9 Å². The number of nitrogens with one attached hydrogen (secondary N) is 2. The maximum absolute atomic E-state index is 11.7. The third kappa shape index (κ3) is 5.57. The predicted octanol–water partition coefficient (Wildman–Crippen LogP) is 0.396. The first-order chi connectivity index (χ1) is 9.83. The first-order valence-corrected chi connectivity index (χ1v) is 6.89. The summed E-state index contributed by atoms with van der Waals surface area (Å²) in [4.78, 5) is 25.0. The summed E-state index contributed by atoms with van der Waals surface area (Å²) in [5.74, 6) is 5.81. The number of nitrogen functional groups attached to an aromatic ring is 1. The summed E-state index contributed by atoms with van der Waals surface area (Å²) in [5, 5.41) is 2.86. The van der Waals surface area contributed by atoms with Gasteiger partial charge in [-0.1, -0.05) is 13.8 Å². The average Bonchev–Trinajstić information content (AvgIpc) is 2.76. The van der Waals surface area contributed by atoms with Gasteiger partial charge in [-0.15, -0.1) is 0 Å². The zero-order valence-electron chi connectivity index (χ0n) is 13.0. The van der Waals surface area contributed by atoms with Crippen molar-refractivity contribution in [2.24, 2.45) is 11.8 Å². The van der Waals surface area contributed by atoms with E-state index in [4.69, 9.17) is 10.3 Å². The quantitative estimate of drug-likeness (QED) is 0.384. The number of hydrogen-bond acceptors (Lipinski definition) is 5. The topological polar surface area (TPSA) is 101 Å². The third-order valence-electron chi connectivity index (χ3n) is 2.94. The lowest BCUT2D eigenvalue weighted by atomic mass is 10.2. The molecule has 118 valence electrons. The Balaban J connectivity index is 2.54. The third-order valence-corrected chi connectivity index (χ3v) is 2.94. The maximum Gasteiger partial charge on any atom is 0.300 e. The minimum atomic E-state index is -0.471. The lowest BCUT2D eigenvalue weighted by molar-refractivity contribution is -0.122. The van der Waals surface area contributed by atoms with Crippen LogP contribution in [-0.2, 0) is 11.3 Å². The molecule has 0 unspecified atom stereocenters. The highest BCUT2D eigenvalue weighted by Crippen LogP contribution is 2.16. The summed E-state index contributed by atoms with van der Waals surface area (Å²) < 4.78 is 5.33. The van der Waals surface area contributed by atoms with Crippen molar-refractivity contribution < 1.29 is 14.0 Å². The first-order valence-electron chi connectivity index (χ1n) is 6.89. The van der Waals surface area contributed by atoms with Gasteiger partial charge in [0.25, 0.3) is 0 Å². The first kappa shape index (κ1) is 17.2. The number of likely N-dealkylation sites (N-methyl/N-ethyl adjacent to an activating group) is 1. The van der Waals surface area contributed by atoms with Crippen molar-refractivity contribution in [3.8, 4) is 0 Å². The van der Waals surface area contributed by atoms with E-state index in [0.717, 1.165) is 5.56 Å². The number of furan rings is 1. The molecule has 0 aliphatic rings. The van der Waals surface area contributed by atoms with Gasteiger partial charge < -0.3 is 9.73 Å². The van der Waals surface area contributed by atoms with Gasteiger partial charge in [-0.2, -0.15) is 0 Å². The molecule has 1 aromatic heterocycles. The highest BCUT2D eigenvalue weighted by molar-refractivity contribution is 5.91. The van der Waals surface area contributed by atoms with Crippen LogP contribution in [0.4, 0.5) is 0 Å². The Labute approximate surface area is 124 Å². The number of hydrogen-bond donors (Lipinski definition) is 3. The molecule has 1 rings (SSSR count). The standard InChI is InChI=1S/C14H24N4O3/c1-9(2)6-16-13(19)8-18(4)7-11-5-12(14(20)17-15)21-10(11)3/h5,9H,6-8,15H2,1-4H3,(H,16,19)(H,17,20). The number of carbonyl (C=O) groups is 2. The van der Waals surface area contributed by atoms with E-state index in [-0.39, 0.29) is 18.2 Å². The van der Waals surface area contributed by atoms with Crippen LogP contribution in [0.1, 0.15) is 35.7 Å². The van der Waals surface area contributed by atoms with Gasteiger partial charge in [0.1, 0.15) is 5.76 Å². The van der Waals surface area contributed by atoms with E-state index in [1.54, 1.807) is 13.0 Å². The molecule has 0 atom stereocenters. The molecule has 0 spiro atoms. The van der Waals surface area contributed by atoms with Crippen LogP contribution in [-0.4, -0.2) is 36.9 Å². The van der Waals surface area contributed by atoms with E-state index in [2.05, 4.69) is 5.32 Å². The second-order valence-electron chi connectivity index (χ2n) is 5.54. The number of carbonyl (C=O) groups excluding carboxylic acids is 2. The second-order valence-corrected chi connectivity index (χ2v) is 5.54. The molecular weight excluding hydrogens is 272 g/mol. The molecule has 7 heteroatoms. The Kier molecular flexibility index (Phi) is 6.39. The molecule has 0 aliphatic carbocycles. The average molecular weight is 296 g/mol. The predicted molar refractivity (Wildman–Crippen MR) is 79.3 cm³/mol. The fraction of sp³-hybridized carbons (Fsp3) is 0.571. The summed E-state index contributed by atoms with van der Waals surface area (Å²) in [6.07, 6.45) is 0. The van der Waals surface area contributed by atoms with Gasteiger partial charge in [0.05, 0.1) is 6.54 Å². The highest BCUT2D eigenvalue weighted by atomic mass is 16.4. The number of nitrogens with zero attached hydrogens (tertiary/aromatic N) is 1. The zero-order valence-corrected chi connectivity index (χ0v) is 13.0. The Bertz CT molecular complexity index is 496.